The highest BCUT2D eigenvalue weighted by molar-refractivity contribution is 5.55. The molecule has 0 bridgehead atoms. The fourth-order valence-electron chi connectivity index (χ4n) is 1.47. The van der Waals surface area contributed by atoms with Crippen molar-refractivity contribution in [3.8, 4) is 0 Å². The molecule has 0 amide bonds. The smallest absolute Gasteiger partial charge is 0.125 e. The molecule has 1 saturated heterocycles. The lowest BCUT2D eigenvalue weighted by molar-refractivity contribution is -0.124. The third kappa shape index (κ3) is 2.44. The summed E-state index contributed by atoms with van der Waals surface area (Å²) in [6.07, 6.45) is 1.40. The van der Waals surface area contributed by atoms with E-state index in [-0.39, 0.29) is 17.6 Å². The lowest BCUT2D eigenvalue weighted by atomic mass is 9.88. The number of hydrogen-bond donors (Lipinski definition) is 0. The second kappa shape index (κ2) is 3.77. The van der Waals surface area contributed by atoms with Gasteiger partial charge in [0.2, 0.25) is 0 Å². The van der Waals surface area contributed by atoms with E-state index in [1.54, 1.807) is 0 Å². The fourth-order valence-corrected chi connectivity index (χ4v) is 1.47. The summed E-state index contributed by atoms with van der Waals surface area (Å²) in [7, 11) is 0. The molecule has 1 rings (SSSR count). The predicted molar refractivity (Wildman–Crippen MR) is 47.1 cm³/mol. The van der Waals surface area contributed by atoms with Gasteiger partial charge in [0.05, 0.1) is 18.2 Å². The molecule has 5 nitrogen and oxygen atoms in total. The first kappa shape index (κ1) is 10.0. The molecular weight excluding hydrogens is 170 g/mol. The first-order valence-corrected chi connectivity index (χ1v) is 4.22. The van der Waals surface area contributed by atoms with Crippen molar-refractivity contribution in [2.75, 3.05) is 6.61 Å². The SMILES string of the molecule is CC1(C)C[C@H](N=[N+]=[N-])[C@H](C=O)CO1. The highest BCUT2D eigenvalue weighted by Crippen LogP contribution is 2.28. The van der Waals surface area contributed by atoms with Gasteiger partial charge in [0, 0.05) is 10.8 Å². The summed E-state index contributed by atoms with van der Waals surface area (Å²) >= 11 is 0. The summed E-state index contributed by atoms with van der Waals surface area (Å²) < 4.78 is 5.43. The first-order chi connectivity index (χ1) is 6.09. The second-order valence-electron chi connectivity index (χ2n) is 3.85. The van der Waals surface area contributed by atoms with Crippen LogP contribution in [0.2, 0.25) is 0 Å². The van der Waals surface area contributed by atoms with Crippen LogP contribution in [0.4, 0.5) is 0 Å². The van der Waals surface area contributed by atoms with Gasteiger partial charge in [-0.25, -0.2) is 0 Å². The van der Waals surface area contributed by atoms with E-state index < -0.39 is 0 Å². The number of nitrogens with zero attached hydrogens (tertiary/aromatic N) is 3. The number of hydrogen-bond acceptors (Lipinski definition) is 3. The zero-order valence-electron chi connectivity index (χ0n) is 7.80. The van der Waals surface area contributed by atoms with Crippen molar-refractivity contribution in [3.63, 3.8) is 0 Å². The topological polar surface area (TPSA) is 75.1 Å². The monoisotopic (exact) mass is 183 g/mol. The van der Waals surface area contributed by atoms with E-state index in [2.05, 4.69) is 10.0 Å². The van der Waals surface area contributed by atoms with Crippen LogP contribution in [0.25, 0.3) is 10.4 Å². The third-order valence-corrected chi connectivity index (χ3v) is 2.24. The number of carbonyl (C=O) groups is 1. The van der Waals surface area contributed by atoms with Crippen molar-refractivity contribution in [3.05, 3.63) is 10.4 Å². The summed E-state index contributed by atoms with van der Waals surface area (Å²) in [6.45, 7) is 4.20. The molecule has 1 aliphatic heterocycles. The molecule has 1 fully saturated rings. The van der Waals surface area contributed by atoms with Crippen molar-refractivity contribution >= 4 is 6.29 Å². The van der Waals surface area contributed by atoms with Crippen LogP contribution < -0.4 is 0 Å². The van der Waals surface area contributed by atoms with Gasteiger partial charge in [0.25, 0.3) is 0 Å². The van der Waals surface area contributed by atoms with Crippen LogP contribution in [0.5, 0.6) is 0 Å². The Morgan fingerprint density at radius 2 is 2.38 bits per heavy atom. The Kier molecular flexibility index (Phi) is 2.90. The average Bonchev–Trinajstić information content (AvgIpc) is 2.04. The van der Waals surface area contributed by atoms with Crippen LogP contribution in [0.15, 0.2) is 5.11 Å². The molecule has 72 valence electrons. The molecule has 1 heterocycles. The summed E-state index contributed by atoms with van der Waals surface area (Å²) in [6, 6.07) is -0.258. The maximum atomic E-state index is 10.6. The summed E-state index contributed by atoms with van der Waals surface area (Å²) in [4.78, 5) is 13.3. The van der Waals surface area contributed by atoms with Crippen molar-refractivity contribution in [1.29, 1.82) is 0 Å². The maximum absolute atomic E-state index is 10.6. The predicted octanol–water partition coefficient (Wildman–Crippen LogP) is 1.68. The minimum absolute atomic E-state index is 0.258. The van der Waals surface area contributed by atoms with Crippen LogP contribution in [0.3, 0.4) is 0 Å². The van der Waals surface area contributed by atoms with Crippen LogP contribution in [0.1, 0.15) is 20.3 Å². The van der Waals surface area contributed by atoms with Crippen LogP contribution in [0, 0.1) is 5.92 Å². The van der Waals surface area contributed by atoms with E-state index in [9.17, 15) is 4.79 Å². The second-order valence-corrected chi connectivity index (χ2v) is 3.85. The number of rotatable bonds is 2. The molecule has 0 unspecified atom stereocenters. The standard InChI is InChI=1S/C8H13N3O2/c1-8(2)3-7(10-11-9)6(4-12)5-13-8/h4,6-7H,3,5H2,1-2H3/t6-,7+/m1/s1. The molecule has 0 radical (unpaired) electrons. The Labute approximate surface area is 76.7 Å². The van der Waals surface area contributed by atoms with E-state index in [0.29, 0.717) is 13.0 Å². The Bertz CT molecular complexity index is 246. The number of aldehydes is 1. The molecule has 0 aromatic carbocycles. The number of ether oxygens (including phenoxy) is 1. The summed E-state index contributed by atoms with van der Waals surface area (Å²) in [5.41, 5.74) is 8.01. The third-order valence-electron chi connectivity index (χ3n) is 2.24. The Morgan fingerprint density at radius 3 is 2.92 bits per heavy atom. The minimum atomic E-state index is -0.293. The molecule has 2 atom stereocenters. The van der Waals surface area contributed by atoms with Gasteiger partial charge in [-0.3, -0.25) is 0 Å². The van der Waals surface area contributed by atoms with Gasteiger partial charge in [-0.1, -0.05) is 5.11 Å². The van der Waals surface area contributed by atoms with E-state index in [0.717, 1.165) is 6.29 Å². The number of carbonyl (C=O) groups excluding carboxylic acids is 1. The normalized spacial score (nSPS) is 31.8. The van der Waals surface area contributed by atoms with E-state index in [4.69, 9.17) is 10.3 Å². The van der Waals surface area contributed by atoms with Crippen molar-refractivity contribution in [2.24, 2.45) is 11.0 Å². The fraction of sp³-hybridized carbons (Fsp3) is 0.875. The zero-order chi connectivity index (χ0) is 9.90. The van der Waals surface area contributed by atoms with Crippen LogP contribution in [-0.2, 0) is 9.53 Å². The lowest BCUT2D eigenvalue weighted by Crippen LogP contribution is -2.42. The molecule has 13 heavy (non-hydrogen) atoms. The Morgan fingerprint density at radius 1 is 1.69 bits per heavy atom. The highest BCUT2D eigenvalue weighted by Gasteiger charge is 2.34. The van der Waals surface area contributed by atoms with Gasteiger partial charge in [-0.15, -0.1) is 0 Å². The van der Waals surface area contributed by atoms with Gasteiger partial charge >= 0.3 is 0 Å². The van der Waals surface area contributed by atoms with Gasteiger partial charge in [0.1, 0.15) is 6.29 Å². The number of azide groups is 1. The van der Waals surface area contributed by atoms with Gasteiger partial charge in [-0.05, 0) is 25.8 Å². The molecule has 0 aromatic heterocycles. The van der Waals surface area contributed by atoms with Gasteiger partial charge < -0.3 is 9.53 Å². The van der Waals surface area contributed by atoms with Crippen LogP contribution in [-0.4, -0.2) is 24.5 Å². The molecular formula is C8H13N3O2. The molecule has 5 heteroatoms. The molecule has 0 aliphatic carbocycles. The Hall–Kier alpha value is -1.06. The minimum Gasteiger partial charge on any atom is -0.375 e. The first-order valence-electron chi connectivity index (χ1n) is 4.22. The molecule has 0 aromatic rings. The lowest BCUT2D eigenvalue weighted by Gasteiger charge is -2.36. The van der Waals surface area contributed by atoms with Crippen molar-refractivity contribution in [2.45, 2.75) is 31.9 Å². The summed E-state index contributed by atoms with van der Waals surface area (Å²) in [5.74, 6) is -0.288. The summed E-state index contributed by atoms with van der Waals surface area (Å²) in [5, 5.41) is 3.60. The quantitative estimate of drug-likeness (QED) is 0.282. The molecule has 0 spiro atoms. The van der Waals surface area contributed by atoms with Crippen molar-refractivity contribution < 1.29 is 9.53 Å². The van der Waals surface area contributed by atoms with E-state index in [1.807, 2.05) is 13.8 Å². The largest absolute Gasteiger partial charge is 0.375 e. The van der Waals surface area contributed by atoms with Crippen LogP contribution >= 0.6 is 0 Å². The molecule has 0 saturated carbocycles. The maximum Gasteiger partial charge on any atom is 0.125 e. The van der Waals surface area contributed by atoms with Crippen molar-refractivity contribution in [1.82, 2.24) is 0 Å². The van der Waals surface area contributed by atoms with Gasteiger partial charge in [-0.2, -0.15) is 0 Å². The average molecular weight is 183 g/mol. The highest BCUT2D eigenvalue weighted by atomic mass is 16.5. The Balaban J connectivity index is 2.73. The van der Waals surface area contributed by atoms with Gasteiger partial charge in [0.15, 0.2) is 0 Å². The van der Waals surface area contributed by atoms with E-state index >= 15 is 0 Å². The molecule has 0 N–H and O–H groups in total. The molecule has 1 aliphatic rings. The zero-order valence-corrected chi connectivity index (χ0v) is 7.80. The van der Waals surface area contributed by atoms with E-state index in [1.165, 1.54) is 0 Å².